The van der Waals surface area contributed by atoms with Crippen LogP contribution in [0.3, 0.4) is 0 Å². The van der Waals surface area contributed by atoms with Crippen molar-refractivity contribution in [3.8, 4) is 22.7 Å². The average Bonchev–Trinajstić information content (AvgIpc) is 2.90. The second-order valence-electron chi connectivity index (χ2n) is 5.14. The summed E-state index contributed by atoms with van der Waals surface area (Å²) in [7, 11) is 0. The van der Waals surface area contributed by atoms with E-state index in [4.69, 9.17) is 11.6 Å². The first-order valence-corrected chi connectivity index (χ1v) is 7.34. The highest BCUT2D eigenvalue weighted by Gasteiger charge is 2.31. The van der Waals surface area contributed by atoms with Gasteiger partial charge in [0.05, 0.1) is 28.3 Å². The summed E-state index contributed by atoms with van der Waals surface area (Å²) in [6.07, 6.45) is -2.48. The second-order valence-corrected chi connectivity index (χ2v) is 5.55. The molecule has 0 aliphatic heterocycles. The molecule has 0 unspecified atom stereocenters. The lowest BCUT2D eigenvalue weighted by Gasteiger charge is -2.11. The maximum absolute atomic E-state index is 13.4. The number of rotatable bonds is 3. The lowest BCUT2D eigenvalue weighted by Crippen LogP contribution is -2.17. The quantitative estimate of drug-likeness (QED) is 0.613. The monoisotopic (exact) mass is 371 g/mol. The zero-order valence-corrected chi connectivity index (χ0v) is 13.4. The van der Waals surface area contributed by atoms with Gasteiger partial charge in [0.15, 0.2) is 0 Å². The normalized spacial score (nSPS) is 11.6. The zero-order valence-electron chi connectivity index (χ0n) is 12.7. The Hall–Kier alpha value is -2.61. The maximum Gasteiger partial charge on any atom is 0.573 e. The fourth-order valence-electron chi connectivity index (χ4n) is 2.27. The van der Waals surface area contributed by atoms with Crippen LogP contribution in [0.4, 0.5) is 17.6 Å². The highest BCUT2D eigenvalue weighted by molar-refractivity contribution is 6.30. The SMILES string of the molecule is Cc1cc(-c2cncc(OC(F)(F)F)c2)n(-c2ccc(F)c(Cl)c2)n1. The summed E-state index contributed by atoms with van der Waals surface area (Å²) in [6, 6.07) is 6.86. The van der Waals surface area contributed by atoms with Crippen LogP contribution < -0.4 is 4.74 Å². The molecule has 3 rings (SSSR count). The average molecular weight is 372 g/mol. The first-order chi connectivity index (χ1) is 11.7. The van der Waals surface area contributed by atoms with E-state index in [2.05, 4.69) is 14.8 Å². The van der Waals surface area contributed by atoms with Crippen LogP contribution in [0.1, 0.15) is 5.69 Å². The predicted molar refractivity (Wildman–Crippen MR) is 83.2 cm³/mol. The number of aryl methyl sites for hydroxylation is 1. The molecule has 9 heteroatoms. The Morgan fingerprint density at radius 3 is 2.56 bits per heavy atom. The molecule has 0 saturated carbocycles. The third-order valence-corrected chi connectivity index (χ3v) is 3.51. The predicted octanol–water partition coefficient (Wildman–Crippen LogP) is 4.93. The Morgan fingerprint density at radius 2 is 1.88 bits per heavy atom. The van der Waals surface area contributed by atoms with Crippen molar-refractivity contribution in [2.45, 2.75) is 13.3 Å². The van der Waals surface area contributed by atoms with E-state index in [0.29, 0.717) is 22.6 Å². The van der Waals surface area contributed by atoms with Gasteiger partial charge in [0.1, 0.15) is 11.6 Å². The van der Waals surface area contributed by atoms with Crippen LogP contribution in [0.2, 0.25) is 5.02 Å². The molecule has 25 heavy (non-hydrogen) atoms. The molecule has 0 saturated heterocycles. The lowest BCUT2D eigenvalue weighted by molar-refractivity contribution is -0.274. The number of nitrogens with zero attached hydrogens (tertiary/aromatic N) is 3. The molecular weight excluding hydrogens is 362 g/mol. The highest BCUT2D eigenvalue weighted by atomic mass is 35.5. The molecule has 0 atom stereocenters. The number of hydrogen-bond donors (Lipinski definition) is 0. The number of benzene rings is 1. The minimum absolute atomic E-state index is 0.0936. The number of hydrogen-bond acceptors (Lipinski definition) is 3. The molecule has 2 heterocycles. The van der Waals surface area contributed by atoms with Gasteiger partial charge in [-0.2, -0.15) is 5.10 Å². The van der Waals surface area contributed by atoms with Crippen molar-refractivity contribution in [3.63, 3.8) is 0 Å². The summed E-state index contributed by atoms with van der Waals surface area (Å²) in [4.78, 5) is 3.77. The van der Waals surface area contributed by atoms with Crippen molar-refractivity contribution in [1.29, 1.82) is 0 Å². The van der Waals surface area contributed by atoms with Crippen molar-refractivity contribution in [2.24, 2.45) is 0 Å². The molecule has 0 amide bonds. The summed E-state index contributed by atoms with van der Waals surface area (Å²) in [5, 5.41) is 4.18. The molecule has 0 N–H and O–H groups in total. The Labute approximate surface area is 144 Å². The van der Waals surface area contributed by atoms with Crippen LogP contribution in [0.5, 0.6) is 5.75 Å². The number of halogens is 5. The van der Waals surface area contributed by atoms with Crippen molar-refractivity contribution in [3.05, 3.63) is 59.3 Å². The van der Waals surface area contributed by atoms with Crippen molar-refractivity contribution < 1.29 is 22.3 Å². The van der Waals surface area contributed by atoms with Crippen molar-refractivity contribution in [1.82, 2.24) is 14.8 Å². The van der Waals surface area contributed by atoms with Gasteiger partial charge >= 0.3 is 6.36 Å². The summed E-state index contributed by atoms with van der Waals surface area (Å²) >= 11 is 5.79. The van der Waals surface area contributed by atoms with Gasteiger partial charge in [0, 0.05) is 11.8 Å². The van der Waals surface area contributed by atoms with Gasteiger partial charge in [-0.05, 0) is 37.3 Å². The number of ether oxygens (including phenoxy) is 1. The van der Waals surface area contributed by atoms with E-state index in [1.165, 1.54) is 35.1 Å². The fourth-order valence-corrected chi connectivity index (χ4v) is 2.44. The maximum atomic E-state index is 13.4. The van der Waals surface area contributed by atoms with Gasteiger partial charge in [-0.3, -0.25) is 4.98 Å². The van der Waals surface area contributed by atoms with E-state index < -0.39 is 17.9 Å². The molecular formula is C16H10ClF4N3O. The van der Waals surface area contributed by atoms with E-state index in [1.54, 1.807) is 13.0 Å². The highest BCUT2D eigenvalue weighted by Crippen LogP contribution is 2.29. The van der Waals surface area contributed by atoms with Crippen LogP contribution in [0.15, 0.2) is 42.7 Å². The molecule has 0 bridgehead atoms. The van der Waals surface area contributed by atoms with Gasteiger partial charge in [0.25, 0.3) is 0 Å². The molecule has 3 aromatic rings. The summed E-state index contributed by atoms with van der Waals surface area (Å²) in [5.41, 5.74) is 1.87. The molecule has 0 aliphatic carbocycles. The molecule has 0 spiro atoms. The standard InChI is InChI=1S/C16H10ClF4N3O/c1-9-4-15(10-5-12(8-22-7-10)25-16(19,20)21)24(23-9)11-2-3-14(18)13(17)6-11/h2-8H,1H3. The summed E-state index contributed by atoms with van der Waals surface area (Å²) in [5.74, 6) is -1.04. The lowest BCUT2D eigenvalue weighted by atomic mass is 10.2. The van der Waals surface area contributed by atoms with Gasteiger partial charge in [-0.25, -0.2) is 9.07 Å². The smallest absolute Gasteiger partial charge is 0.404 e. The Balaban J connectivity index is 2.07. The number of alkyl halides is 3. The van der Waals surface area contributed by atoms with Crippen LogP contribution in [-0.2, 0) is 0 Å². The first-order valence-electron chi connectivity index (χ1n) is 6.96. The third kappa shape index (κ3) is 3.90. The molecule has 130 valence electrons. The summed E-state index contributed by atoms with van der Waals surface area (Å²) in [6.45, 7) is 1.72. The van der Waals surface area contributed by atoms with Crippen molar-refractivity contribution >= 4 is 11.6 Å². The minimum Gasteiger partial charge on any atom is -0.404 e. The topological polar surface area (TPSA) is 39.9 Å². The molecule has 1 aromatic carbocycles. The van der Waals surface area contributed by atoms with Gasteiger partial charge in [0.2, 0.25) is 0 Å². The Bertz CT molecular complexity index is 924. The molecule has 0 aliphatic rings. The second kappa shape index (κ2) is 6.36. The summed E-state index contributed by atoms with van der Waals surface area (Å²) < 4.78 is 55.9. The van der Waals surface area contributed by atoms with Crippen LogP contribution in [-0.4, -0.2) is 21.1 Å². The van der Waals surface area contributed by atoms with E-state index in [0.717, 1.165) is 6.20 Å². The fraction of sp³-hybridized carbons (Fsp3) is 0.125. The molecule has 0 fully saturated rings. The number of aromatic nitrogens is 3. The number of pyridine rings is 1. The third-order valence-electron chi connectivity index (χ3n) is 3.22. The molecule has 4 nitrogen and oxygen atoms in total. The van der Waals surface area contributed by atoms with Gasteiger partial charge in [-0.15, -0.1) is 13.2 Å². The van der Waals surface area contributed by atoms with E-state index in [-0.39, 0.29) is 5.02 Å². The zero-order chi connectivity index (χ0) is 18.2. The van der Waals surface area contributed by atoms with Crippen LogP contribution in [0, 0.1) is 12.7 Å². The minimum atomic E-state index is -4.82. The van der Waals surface area contributed by atoms with E-state index in [1.807, 2.05) is 0 Å². The molecule has 2 aromatic heterocycles. The van der Waals surface area contributed by atoms with Crippen LogP contribution in [0.25, 0.3) is 16.9 Å². The van der Waals surface area contributed by atoms with Gasteiger partial charge < -0.3 is 4.74 Å². The van der Waals surface area contributed by atoms with Crippen LogP contribution >= 0.6 is 11.6 Å². The first kappa shape index (κ1) is 17.2. The Kier molecular flexibility index (Phi) is 4.38. The van der Waals surface area contributed by atoms with Gasteiger partial charge in [-0.1, -0.05) is 11.6 Å². The molecule has 0 radical (unpaired) electrons. The Morgan fingerprint density at radius 1 is 1.12 bits per heavy atom. The van der Waals surface area contributed by atoms with E-state index >= 15 is 0 Å². The largest absolute Gasteiger partial charge is 0.573 e. The van der Waals surface area contributed by atoms with Crippen molar-refractivity contribution in [2.75, 3.05) is 0 Å². The van der Waals surface area contributed by atoms with E-state index in [9.17, 15) is 17.6 Å².